The van der Waals surface area contributed by atoms with Gasteiger partial charge in [0.25, 0.3) is 0 Å². The maximum atomic E-state index is 11.4. The first-order chi connectivity index (χ1) is 9.10. The molecule has 100 valence electrons. The third-order valence-corrected chi connectivity index (χ3v) is 2.69. The van der Waals surface area contributed by atoms with Crippen LogP contribution in [0.15, 0.2) is 34.7 Å². The molecule has 0 saturated carbocycles. The van der Waals surface area contributed by atoms with Crippen LogP contribution in [0.4, 0.5) is 5.69 Å². The highest BCUT2D eigenvalue weighted by Gasteiger charge is 2.14. The molecule has 0 aliphatic heterocycles. The third kappa shape index (κ3) is 3.07. The number of hydrogen-bond donors (Lipinski definition) is 2. The van der Waals surface area contributed by atoms with Crippen molar-refractivity contribution < 1.29 is 19.1 Å². The number of ether oxygens (including phenoxy) is 1. The number of benzene rings is 1. The molecule has 0 amide bonds. The monoisotopic (exact) mass is 261 g/mol. The Labute approximate surface area is 110 Å². The number of carbonyl (C=O) groups excluding carboxylic acids is 1. The molecule has 0 radical (unpaired) electrons. The highest BCUT2D eigenvalue weighted by atomic mass is 16.5. The van der Waals surface area contributed by atoms with Gasteiger partial charge < -0.3 is 19.6 Å². The van der Waals surface area contributed by atoms with Crippen molar-refractivity contribution in [1.82, 2.24) is 0 Å². The van der Waals surface area contributed by atoms with Gasteiger partial charge in [-0.05, 0) is 25.1 Å². The molecule has 2 N–H and O–H groups in total. The molecule has 0 aliphatic rings. The lowest BCUT2D eigenvalue weighted by Gasteiger charge is -2.04. The van der Waals surface area contributed by atoms with Crippen molar-refractivity contribution in [3.63, 3.8) is 0 Å². The summed E-state index contributed by atoms with van der Waals surface area (Å²) in [7, 11) is 1.33. The SMILES string of the molecule is COC(=O)c1cc(CNc2cccc(O)c2)oc1C. The molecule has 0 fully saturated rings. The van der Waals surface area contributed by atoms with Crippen molar-refractivity contribution >= 4 is 11.7 Å². The number of carbonyl (C=O) groups is 1. The number of methoxy groups -OCH3 is 1. The number of aromatic hydroxyl groups is 1. The van der Waals surface area contributed by atoms with E-state index in [-0.39, 0.29) is 5.75 Å². The van der Waals surface area contributed by atoms with Gasteiger partial charge in [-0.3, -0.25) is 0 Å². The fraction of sp³-hybridized carbons (Fsp3) is 0.214. The maximum absolute atomic E-state index is 11.4. The molecule has 0 unspecified atom stereocenters. The highest BCUT2D eigenvalue weighted by molar-refractivity contribution is 5.90. The number of phenols is 1. The Morgan fingerprint density at radius 3 is 2.89 bits per heavy atom. The molecule has 0 atom stereocenters. The van der Waals surface area contributed by atoms with Crippen LogP contribution in [-0.4, -0.2) is 18.2 Å². The Morgan fingerprint density at radius 2 is 2.21 bits per heavy atom. The first kappa shape index (κ1) is 13.0. The summed E-state index contributed by atoms with van der Waals surface area (Å²) in [5, 5.41) is 12.4. The largest absolute Gasteiger partial charge is 0.508 e. The summed E-state index contributed by atoms with van der Waals surface area (Å²) in [4.78, 5) is 11.4. The molecule has 1 aromatic carbocycles. The number of hydrogen-bond acceptors (Lipinski definition) is 5. The average molecular weight is 261 g/mol. The van der Waals surface area contributed by atoms with E-state index in [9.17, 15) is 9.90 Å². The smallest absolute Gasteiger partial charge is 0.341 e. The zero-order chi connectivity index (χ0) is 13.8. The zero-order valence-electron chi connectivity index (χ0n) is 10.8. The fourth-order valence-corrected chi connectivity index (χ4v) is 1.75. The Morgan fingerprint density at radius 1 is 1.42 bits per heavy atom. The van der Waals surface area contributed by atoms with Crippen LogP contribution in [0.3, 0.4) is 0 Å². The van der Waals surface area contributed by atoms with Gasteiger partial charge in [0.2, 0.25) is 0 Å². The van der Waals surface area contributed by atoms with Crippen LogP contribution in [0, 0.1) is 6.92 Å². The minimum atomic E-state index is -0.412. The van der Waals surface area contributed by atoms with Crippen LogP contribution in [-0.2, 0) is 11.3 Å². The van der Waals surface area contributed by atoms with Crippen LogP contribution in [0.2, 0.25) is 0 Å². The van der Waals surface area contributed by atoms with Gasteiger partial charge >= 0.3 is 5.97 Å². The van der Waals surface area contributed by atoms with E-state index in [0.717, 1.165) is 5.69 Å². The first-order valence-corrected chi connectivity index (χ1v) is 5.80. The molecule has 0 saturated heterocycles. The van der Waals surface area contributed by atoms with Crippen LogP contribution < -0.4 is 5.32 Å². The lowest BCUT2D eigenvalue weighted by atomic mass is 10.2. The van der Waals surface area contributed by atoms with E-state index in [1.165, 1.54) is 7.11 Å². The van der Waals surface area contributed by atoms with E-state index in [2.05, 4.69) is 10.1 Å². The number of esters is 1. The predicted octanol–water partition coefficient (Wildman–Crippen LogP) is 2.69. The molecule has 1 heterocycles. The summed E-state index contributed by atoms with van der Waals surface area (Å²) in [5.74, 6) is 0.932. The molecule has 5 nitrogen and oxygen atoms in total. The number of aryl methyl sites for hydroxylation is 1. The number of nitrogens with one attached hydrogen (secondary N) is 1. The molecule has 19 heavy (non-hydrogen) atoms. The van der Waals surface area contributed by atoms with Gasteiger partial charge in [-0.2, -0.15) is 0 Å². The van der Waals surface area contributed by atoms with E-state index in [1.54, 1.807) is 31.2 Å². The van der Waals surface area contributed by atoms with Crippen LogP contribution in [0.25, 0.3) is 0 Å². The molecule has 0 aliphatic carbocycles. The number of anilines is 1. The van der Waals surface area contributed by atoms with E-state index in [1.807, 2.05) is 6.07 Å². The summed E-state index contributed by atoms with van der Waals surface area (Å²) in [6.45, 7) is 2.13. The van der Waals surface area contributed by atoms with Crippen LogP contribution in [0.1, 0.15) is 21.9 Å². The second-order valence-electron chi connectivity index (χ2n) is 4.08. The second-order valence-corrected chi connectivity index (χ2v) is 4.08. The van der Waals surface area contributed by atoms with Gasteiger partial charge in [-0.1, -0.05) is 6.07 Å². The Hall–Kier alpha value is -2.43. The molecule has 2 aromatic rings. The van der Waals surface area contributed by atoms with E-state index in [4.69, 9.17) is 4.42 Å². The average Bonchev–Trinajstić information content (AvgIpc) is 2.77. The number of rotatable bonds is 4. The van der Waals surface area contributed by atoms with E-state index < -0.39 is 5.97 Å². The van der Waals surface area contributed by atoms with E-state index in [0.29, 0.717) is 23.6 Å². The lowest BCUT2D eigenvalue weighted by molar-refractivity contribution is 0.0599. The molecule has 5 heteroatoms. The Kier molecular flexibility index (Phi) is 3.75. The molecular formula is C14H15NO4. The van der Waals surface area contributed by atoms with Crippen molar-refractivity contribution in [2.45, 2.75) is 13.5 Å². The van der Waals surface area contributed by atoms with Gasteiger partial charge in [0, 0.05) is 11.8 Å². The van der Waals surface area contributed by atoms with Crippen LogP contribution in [0.5, 0.6) is 5.75 Å². The fourth-order valence-electron chi connectivity index (χ4n) is 1.75. The maximum Gasteiger partial charge on any atom is 0.341 e. The van der Waals surface area contributed by atoms with Gasteiger partial charge in [0.1, 0.15) is 22.8 Å². The topological polar surface area (TPSA) is 71.7 Å². The standard InChI is InChI=1S/C14H15NO4/c1-9-13(14(17)18-2)7-12(19-9)8-15-10-4-3-5-11(16)6-10/h3-7,15-16H,8H2,1-2H3. The van der Waals surface area contributed by atoms with Gasteiger partial charge in [0.05, 0.1) is 13.7 Å². The summed E-state index contributed by atoms with van der Waals surface area (Å²) >= 11 is 0. The second kappa shape index (κ2) is 5.48. The number of furan rings is 1. The molecular weight excluding hydrogens is 246 g/mol. The Bertz CT molecular complexity index is 589. The highest BCUT2D eigenvalue weighted by Crippen LogP contribution is 2.19. The van der Waals surface area contributed by atoms with E-state index >= 15 is 0 Å². The summed E-state index contributed by atoms with van der Waals surface area (Å²) < 4.78 is 10.1. The predicted molar refractivity (Wildman–Crippen MR) is 70.2 cm³/mol. The molecule has 2 rings (SSSR count). The summed E-state index contributed by atoms with van der Waals surface area (Å²) in [5.41, 5.74) is 1.20. The van der Waals surface area contributed by atoms with Gasteiger partial charge in [0.15, 0.2) is 0 Å². The molecule has 0 spiro atoms. The Balaban J connectivity index is 2.06. The van der Waals surface area contributed by atoms with Crippen LogP contribution >= 0.6 is 0 Å². The lowest BCUT2D eigenvalue weighted by Crippen LogP contribution is -2.01. The third-order valence-electron chi connectivity index (χ3n) is 2.69. The van der Waals surface area contributed by atoms with Gasteiger partial charge in [-0.15, -0.1) is 0 Å². The van der Waals surface area contributed by atoms with Crippen molar-refractivity contribution in [1.29, 1.82) is 0 Å². The first-order valence-electron chi connectivity index (χ1n) is 5.80. The quantitative estimate of drug-likeness (QED) is 0.828. The van der Waals surface area contributed by atoms with Crippen molar-refractivity contribution in [3.8, 4) is 5.75 Å². The van der Waals surface area contributed by atoms with Crippen molar-refractivity contribution in [3.05, 3.63) is 47.4 Å². The minimum absolute atomic E-state index is 0.191. The number of phenolic OH excluding ortho intramolecular Hbond substituents is 1. The summed E-state index contributed by atoms with van der Waals surface area (Å²) in [6.07, 6.45) is 0. The van der Waals surface area contributed by atoms with Crippen molar-refractivity contribution in [2.75, 3.05) is 12.4 Å². The normalized spacial score (nSPS) is 10.2. The molecule has 0 bridgehead atoms. The van der Waals surface area contributed by atoms with Crippen molar-refractivity contribution in [2.24, 2.45) is 0 Å². The molecule has 1 aromatic heterocycles. The minimum Gasteiger partial charge on any atom is -0.508 e. The van der Waals surface area contributed by atoms with Gasteiger partial charge in [-0.25, -0.2) is 4.79 Å². The zero-order valence-corrected chi connectivity index (χ0v) is 10.8. The summed E-state index contributed by atoms with van der Waals surface area (Å²) in [6, 6.07) is 8.42.